The molecule has 1 rings (SSSR count). The van der Waals surface area contributed by atoms with Crippen LogP contribution in [0, 0.1) is 10.1 Å². The number of non-ortho nitro benzene ring substituents is 1. The molecule has 8 heteroatoms. The molecule has 1 aromatic carbocycles. The number of hydrogen-bond donors (Lipinski definition) is 0. The molecule has 0 radical (unpaired) electrons. The molecule has 0 saturated carbocycles. The number of benzene rings is 1. The van der Waals surface area contributed by atoms with Crippen LogP contribution in [0.1, 0.15) is 7.43 Å². The van der Waals surface area contributed by atoms with Gasteiger partial charge in [-0.15, -0.1) is 11.6 Å². The fourth-order valence-corrected chi connectivity index (χ4v) is 1.39. The number of rotatable bonds is 4. The fourth-order valence-electron chi connectivity index (χ4n) is 0.818. The molecule has 16 heavy (non-hydrogen) atoms. The van der Waals surface area contributed by atoms with Gasteiger partial charge >= 0.3 is 10.1 Å². The van der Waals surface area contributed by atoms with Crippen molar-refractivity contribution in [1.29, 1.82) is 0 Å². The van der Waals surface area contributed by atoms with Crippen molar-refractivity contribution in [3.8, 4) is 5.75 Å². The van der Waals surface area contributed by atoms with Gasteiger partial charge in [0.25, 0.3) is 5.69 Å². The number of halogens is 1. The largest absolute Gasteiger partial charge is 0.381 e. The Morgan fingerprint density at radius 3 is 2.56 bits per heavy atom. The summed E-state index contributed by atoms with van der Waals surface area (Å²) in [6.45, 7) is 0. The number of alkyl halides is 1. The monoisotopic (exact) mass is 267 g/mol. The smallest absolute Gasteiger partial charge is 0.323 e. The fraction of sp³-hybridized carbons (Fsp3) is 0.250. The third-order valence-electron chi connectivity index (χ3n) is 1.39. The first-order valence-electron chi connectivity index (χ1n) is 3.67. The lowest BCUT2D eigenvalue weighted by Gasteiger charge is -2.02. The average molecular weight is 268 g/mol. The van der Waals surface area contributed by atoms with Gasteiger partial charge in [0.15, 0.2) is 5.21 Å². The Hall–Kier alpha value is -1.34. The molecule has 0 amide bonds. The van der Waals surface area contributed by atoms with Crippen molar-refractivity contribution in [3.63, 3.8) is 0 Å². The van der Waals surface area contributed by atoms with Gasteiger partial charge in [-0.25, -0.2) is 0 Å². The van der Waals surface area contributed by atoms with E-state index in [2.05, 4.69) is 4.18 Å². The van der Waals surface area contributed by atoms with Gasteiger partial charge in [0.1, 0.15) is 5.75 Å². The second-order valence-corrected chi connectivity index (χ2v) is 4.66. The van der Waals surface area contributed by atoms with Crippen LogP contribution in [0.25, 0.3) is 0 Å². The molecule has 0 saturated heterocycles. The lowest BCUT2D eigenvalue weighted by molar-refractivity contribution is -0.384. The summed E-state index contributed by atoms with van der Waals surface area (Å²) in [5.74, 6) is -0.134. The Bertz CT molecular complexity index is 473. The summed E-state index contributed by atoms with van der Waals surface area (Å²) in [6.07, 6.45) is 0. The normalized spacial score (nSPS) is 10.3. The van der Waals surface area contributed by atoms with Gasteiger partial charge in [-0.05, 0) is 6.07 Å². The van der Waals surface area contributed by atoms with Crippen LogP contribution in [0.2, 0.25) is 0 Å². The summed E-state index contributed by atoms with van der Waals surface area (Å²) >= 11 is 5.10. The summed E-state index contributed by atoms with van der Waals surface area (Å²) in [5, 5.41) is 9.65. The Kier molecular flexibility index (Phi) is 5.19. The Labute approximate surface area is 98.1 Å². The van der Waals surface area contributed by atoms with Gasteiger partial charge in [0.2, 0.25) is 0 Å². The number of nitrogens with zero attached hydrogens (tertiary/aromatic N) is 1. The lowest BCUT2D eigenvalue weighted by Crippen LogP contribution is -2.10. The van der Waals surface area contributed by atoms with Crippen LogP contribution in [0.3, 0.4) is 0 Å². The zero-order valence-electron chi connectivity index (χ0n) is 7.29. The van der Waals surface area contributed by atoms with Crippen LogP contribution in [0.15, 0.2) is 24.3 Å². The topological polar surface area (TPSA) is 86.5 Å². The Morgan fingerprint density at radius 2 is 2.06 bits per heavy atom. The summed E-state index contributed by atoms with van der Waals surface area (Å²) in [5.41, 5.74) is -0.253. The van der Waals surface area contributed by atoms with Gasteiger partial charge in [0.05, 0.1) is 11.0 Å². The van der Waals surface area contributed by atoms with Crippen LogP contribution < -0.4 is 4.18 Å². The van der Waals surface area contributed by atoms with Gasteiger partial charge in [-0.1, -0.05) is 13.5 Å². The highest BCUT2D eigenvalue weighted by atomic mass is 35.5. The van der Waals surface area contributed by atoms with E-state index in [1.165, 1.54) is 18.2 Å². The molecule has 0 bridgehead atoms. The van der Waals surface area contributed by atoms with E-state index in [1.54, 1.807) is 0 Å². The molecule has 6 nitrogen and oxygen atoms in total. The second-order valence-electron chi connectivity index (χ2n) is 2.50. The molecule has 0 spiro atoms. The second kappa shape index (κ2) is 5.66. The molecule has 0 heterocycles. The van der Waals surface area contributed by atoms with Crippen molar-refractivity contribution < 1.29 is 17.5 Å². The van der Waals surface area contributed by atoms with E-state index in [-0.39, 0.29) is 18.9 Å². The molecule has 1 aromatic rings. The van der Waals surface area contributed by atoms with Crippen molar-refractivity contribution in [2.45, 2.75) is 7.43 Å². The predicted molar refractivity (Wildman–Crippen MR) is 60.1 cm³/mol. The van der Waals surface area contributed by atoms with E-state index < -0.39 is 20.3 Å². The first-order chi connectivity index (χ1) is 6.94. The molecular formula is C8H10ClNO5S. The quantitative estimate of drug-likeness (QED) is 0.361. The number of nitro groups is 1. The molecule has 0 N–H and O–H groups in total. The minimum absolute atomic E-state index is 0. The van der Waals surface area contributed by atoms with E-state index in [0.29, 0.717) is 0 Å². The van der Waals surface area contributed by atoms with E-state index in [0.717, 1.165) is 6.07 Å². The molecule has 0 aromatic heterocycles. The standard InChI is InChI=1S/C7H6ClNO5S.CH4/c8-5-15(12,13)14-7-3-1-2-6(4-7)9(10)11;/h1-4H,5H2;1H4. The highest BCUT2D eigenvalue weighted by Crippen LogP contribution is 2.20. The third kappa shape index (κ3) is 4.03. The molecule has 0 fully saturated rings. The minimum atomic E-state index is -3.87. The van der Waals surface area contributed by atoms with Crippen molar-refractivity contribution >= 4 is 27.4 Å². The molecule has 0 atom stereocenters. The van der Waals surface area contributed by atoms with Crippen molar-refractivity contribution in [1.82, 2.24) is 0 Å². The maximum Gasteiger partial charge on any atom is 0.323 e. The zero-order valence-corrected chi connectivity index (χ0v) is 8.86. The summed E-state index contributed by atoms with van der Waals surface area (Å²) in [4.78, 5) is 9.71. The predicted octanol–water partition coefficient (Wildman–Crippen LogP) is 2.14. The summed E-state index contributed by atoms with van der Waals surface area (Å²) in [6, 6.07) is 4.83. The first-order valence-corrected chi connectivity index (χ1v) is 5.78. The SMILES string of the molecule is C.O=[N+]([O-])c1cccc(OS(=O)(=O)CCl)c1. The van der Waals surface area contributed by atoms with Crippen molar-refractivity contribution in [2.24, 2.45) is 0 Å². The molecule has 0 aliphatic heterocycles. The Balaban J connectivity index is 0.00000225. The van der Waals surface area contributed by atoms with Crippen LogP contribution in [0.4, 0.5) is 5.69 Å². The maximum absolute atomic E-state index is 10.9. The highest BCUT2D eigenvalue weighted by Gasteiger charge is 2.13. The maximum atomic E-state index is 10.9. The number of nitro benzene ring substituents is 1. The van der Waals surface area contributed by atoms with Crippen molar-refractivity contribution in [3.05, 3.63) is 34.4 Å². The zero-order chi connectivity index (χ0) is 11.5. The van der Waals surface area contributed by atoms with Crippen LogP contribution >= 0.6 is 11.6 Å². The van der Waals surface area contributed by atoms with Crippen LogP contribution in [-0.4, -0.2) is 18.6 Å². The molecular weight excluding hydrogens is 258 g/mol. The van der Waals surface area contributed by atoms with Crippen LogP contribution in [0.5, 0.6) is 5.75 Å². The lowest BCUT2D eigenvalue weighted by atomic mass is 10.3. The number of hydrogen-bond acceptors (Lipinski definition) is 5. The van der Waals surface area contributed by atoms with Gasteiger partial charge in [-0.3, -0.25) is 10.1 Å². The van der Waals surface area contributed by atoms with E-state index >= 15 is 0 Å². The average Bonchev–Trinajstić information content (AvgIpc) is 2.17. The van der Waals surface area contributed by atoms with E-state index in [9.17, 15) is 18.5 Å². The molecule has 0 unspecified atom stereocenters. The molecule has 0 aliphatic carbocycles. The minimum Gasteiger partial charge on any atom is -0.381 e. The third-order valence-corrected chi connectivity index (χ3v) is 2.90. The van der Waals surface area contributed by atoms with Gasteiger partial charge in [0, 0.05) is 6.07 Å². The summed E-state index contributed by atoms with van der Waals surface area (Å²) < 4.78 is 26.3. The highest BCUT2D eigenvalue weighted by molar-refractivity contribution is 7.88. The van der Waals surface area contributed by atoms with Crippen molar-refractivity contribution in [2.75, 3.05) is 5.21 Å². The van der Waals surface area contributed by atoms with E-state index in [1.807, 2.05) is 0 Å². The van der Waals surface area contributed by atoms with Crippen LogP contribution in [-0.2, 0) is 10.1 Å². The van der Waals surface area contributed by atoms with Gasteiger partial charge in [-0.2, -0.15) is 8.42 Å². The van der Waals surface area contributed by atoms with Gasteiger partial charge < -0.3 is 4.18 Å². The van der Waals surface area contributed by atoms with E-state index in [4.69, 9.17) is 11.6 Å². The molecule has 0 aliphatic rings. The first kappa shape index (κ1) is 14.7. The molecule has 90 valence electrons. The summed E-state index contributed by atoms with van der Waals surface area (Å²) in [7, 11) is -3.87. The Morgan fingerprint density at radius 1 is 1.44 bits per heavy atom.